The van der Waals surface area contributed by atoms with E-state index in [9.17, 15) is 0 Å². The quantitative estimate of drug-likeness (QED) is 0.420. The van der Waals surface area contributed by atoms with Gasteiger partial charge in [0.25, 0.3) is 0 Å². The summed E-state index contributed by atoms with van der Waals surface area (Å²) in [4.78, 5) is 17.1. The number of hydrogen-bond acceptors (Lipinski definition) is 4. The van der Waals surface area contributed by atoms with Gasteiger partial charge in [0.15, 0.2) is 0 Å². The van der Waals surface area contributed by atoms with Gasteiger partial charge < -0.3 is 9.97 Å². The molecular formula is C20H20N4S2. The van der Waals surface area contributed by atoms with E-state index in [1.54, 1.807) is 22.7 Å². The van der Waals surface area contributed by atoms with Crippen LogP contribution in [0.3, 0.4) is 0 Å². The summed E-state index contributed by atoms with van der Waals surface area (Å²) in [7, 11) is 0. The molecule has 0 saturated carbocycles. The van der Waals surface area contributed by atoms with Crippen LogP contribution >= 0.6 is 22.7 Å². The van der Waals surface area contributed by atoms with Gasteiger partial charge in [0.1, 0.15) is 10.0 Å². The molecule has 0 radical (unpaired) electrons. The molecule has 0 unspecified atom stereocenters. The predicted octanol–water partition coefficient (Wildman–Crippen LogP) is 5.56. The van der Waals surface area contributed by atoms with E-state index in [-0.39, 0.29) is 10.8 Å². The van der Waals surface area contributed by atoms with Crippen molar-refractivity contribution in [2.45, 2.75) is 38.5 Å². The summed E-state index contributed by atoms with van der Waals surface area (Å²) < 4.78 is 0. The summed E-state index contributed by atoms with van der Waals surface area (Å²) in [6.07, 6.45) is 0. The Hall–Kier alpha value is -2.18. The molecule has 1 aliphatic heterocycles. The molecule has 0 aromatic carbocycles. The lowest BCUT2D eigenvalue weighted by atomic mass is 9.86. The Morgan fingerprint density at radius 2 is 1.12 bits per heavy atom. The first-order chi connectivity index (χ1) is 12.4. The van der Waals surface area contributed by atoms with Crippen molar-refractivity contribution in [3.63, 3.8) is 0 Å². The summed E-state index contributed by atoms with van der Waals surface area (Å²) >= 11 is 3.38. The molecule has 132 valence electrons. The van der Waals surface area contributed by atoms with Crippen LogP contribution in [-0.2, 0) is 10.8 Å². The van der Waals surface area contributed by atoms with Gasteiger partial charge >= 0.3 is 0 Å². The first kappa shape index (κ1) is 16.0. The highest BCUT2D eigenvalue weighted by Gasteiger charge is 2.31. The molecule has 0 saturated heterocycles. The van der Waals surface area contributed by atoms with Crippen LogP contribution in [-0.4, -0.2) is 19.9 Å². The van der Waals surface area contributed by atoms with E-state index in [1.807, 2.05) is 0 Å². The molecule has 0 atom stereocenters. The van der Waals surface area contributed by atoms with E-state index < -0.39 is 0 Å². The van der Waals surface area contributed by atoms with Gasteiger partial charge in [-0.15, -0.1) is 22.7 Å². The second-order valence-electron chi connectivity index (χ2n) is 7.90. The Bertz CT molecular complexity index is 933. The summed E-state index contributed by atoms with van der Waals surface area (Å²) in [5.74, 6) is 0. The zero-order valence-electron chi connectivity index (χ0n) is 15.2. The van der Waals surface area contributed by atoms with Crippen molar-refractivity contribution in [1.29, 1.82) is 0 Å². The molecule has 0 spiro atoms. The molecule has 4 aromatic rings. The smallest absolute Gasteiger partial charge is 0.139 e. The van der Waals surface area contributed by atoms with E-state index in [0.717, 1.165) is 44.2 Å². The van der Waals surface area contributed by atoms with E-state index in [2.05, 4.69) is 72.7 Å². The zero-order valence-corrected chi connectivity index (χ0v) is 16.8. The second kappa shape index (κ2) is 5.18. The first-order valence-corrected chi connectivity index (χ1v) is 10.4. The average molecular weight is 381 g/mol. The lowest BCUT2D eigenvalue weighted by Crippen LogP contribution is -2.20. The van der Waals surface area contributed by atoms with E-state index in [0.29, 0.717) is 0 Å². The van der Waals surface area contributed by atoms with Crippen LogP contribution in [0.2, 0.25) is 0 Å². The van der Waals surface area contributed by atoms with Crippen molar-refractivity contribution in [3.05, 3.63) is 57.8 Å². The molecule has 26 heavy (non-hydrogen) atoms. The van der Waals surface area contributed by atoms with Gasteiger partial charge in [0.05, 0.1) is 22.8 Å². The van der Waals surface area contributed by atoms with E-state index in [4.69, 9.17) is 9.97 Å². The van der Waals surface area contributed by atoms with E-state index in [1.165, 1.54) is 0 Å². The van der Waals surface area contributed by atoms with Crippen molar-refractivity contribution in [3.8, 4) is 21.4 Å². The van der Waals surface area contributed by atoms with Crippen LogP contribution in [0, 0.1) is 0 Å². The second-order valence-corrected chi connectivity index (χ2v) is 9.61. The third kappa shape index (κ3) is 2.18. The van der Waals surface area contributed by atoms with Crippen LogP contribution in [0.4, 0.5) is 0 Å². The van der Waals surface area contributed by atoms with Gasteiger partial charge in [-0.1, -0.05) is 0 Å². The van der Waals surface area contributed by atoms with Crippen LogP contribution in [0.5, 0.6) is 0 Å². The number of hydrogen-bond donors (Lipinski definition) is 2. The van der Waals surface area contributed by atoms with Crippen molar-refractivity contribution in [2.75, 3.05) is 0 Å². The van der Waals surface area contributed by atoms with E-state index >= 15 is 0 Å². The van der Waals surface area contributed by atoms with Crippen LogP contribution in [0.1, 0.15) is 50.5 Å². The standard InChI is InChI=1S/C20H20N4S2/c1-19(2)13-7-5-11(21-13)18-24-16(10-26-18)20(3,4)14-8-6-12(22-14)17-23-15(19)9-25-17/h5-10,21-22H,1-4H3. The molecular weight excluding hydrogens is 360 g/mol. The van der Waals surface area contributed by atoms with Crippen LogP contribution in [0.25, 0.3) is 21.4 Å². The Labute approximate surface area is 160 Å². The fraction of sp³-hybridized carbons (Fsp3) is 0.300. The number of aromatic nitrogens is 4. The Balaban J connectivity index is 1.79. The maximum atomic E-state index is 4.95. The van der Waals surface area contributed by atoms with Crippen LogP contribution in [0.15, 0.2) is 35.0 Å². The molecule has 0 amide bonds. The number of thiazole rings is 2. The number of nitrogens with zero attached hydrogens (tertiary/aromatic N) is 2. The van der Waals surface area contributed by atoms with Crippen molar-refractivity contribution >= 4 is 22.7 Å². The molecule has 1 aliphatic rings. The number of aromatic amines is 2. The van der Waals surface area contributed by atoms with Gasteiger partial charge in [-0.3, -0.25) is 0 Å². The normalized spacial score (nSPS) is 17.1. The van der Waals surface area contributed by atoms with Gasteiger partial charge in [-0.2, -0.15) is 0 Å². The van der Waals surface area contributed by atoms with Gasteiger partial charge in [0, 0.05) is 33.0 Å². The highest BCUT2D eigenvalue weighted by Crippen LogP contribution is 2.39. The highest BCUT2D eigenvalue weighted by molar-refractivity contribution is 7.13. The third-order valence-electron chi connectivity index (χ3n) is 5.47. The molecule has 8 bridgehead atoms. The highest BCUT2D eigenvalue weighted by atomic mass is 32.1. The first-order valence-electron chi connectivity index (χ1n) is 8.67. The largest absolute Gasteiger partial charge is 0.356 e. The topological polar surface area (TPSA) is 57.4 Å². The lowest BCUT2D eigenvalue weighted by Gasteiger charge is -2.22. The summed E-state index contributed by atoms with van der Waals surface area (Å²) in [6, 6.07) is 8.58. The fourth-order valence-corrected chi connectivity index (χ4v) is 5.35. The Kier molecular flexibility index (Phi) is 3.19. The number of H-pyrrole nitrogens is 2. The molecule has 0 fully saturated rings. The predicted molar refractivity (Wildman–Crippen MR) is 108 cm³/mol. The van der Waals surface area contributed by atoms with Crippen molar-refractivity contribution < 1.29 is 0 Å². The van der Waals surface area contributed by atoms with Crippen LogP contribution < -0.4 is 0 Å². The van der Waals surface area contributed by atoms with Gasteiger partial charge in [-0.05, 0) is 52.0 Å². The molecule has 5 rings (SSSR count). The lowest BCUT2D eigenvalue weighted by molar-refractivity contribution is 0.600. The average Bonchev–Trinajstić information content (AvgIpc) is 3.41. The van der Waals surface area contributed by atoms with Gasteiger partial charge in [0.2, 0.25) is 0 Å². The maximum absolute atomic E-state index is 4.95. The third-order valence-corrected chi connectivity index (χ3v) is 7.22. The molecule has 0 aliphatic carbocycles. The SMILES string of the molecule is CC1(C)c2csc(n2)-c2ccc([nH]2)C(C)(C)c2csc(n2)-c2ccc1[nH]2. The summed E-state index contributed by atoms with van der Waals surface area (Å²) in [6.45, 7) is 8.85. The molecule has 6 heteroatoms. The molecule has 5 heterocycles. The Morgan fingerprint density at radius 3 is 1.54 bits per heavy atom. The van der Waals surface area contributed by atoms with Crippen molar-refractivity contribution in [2.24, 2.45) is 0 Å². The molecule has 4 aromatic heterocycles. The number of rotatable bonds is 0. The minimum absolute atomic E-state index is 0.189. The molecule has 4 nitrogen and oxygen atoms in total. The minimum atomic E-state index is -0.189. The van der Waals surface area contributed by atoms with Gasteiger partial charge in [-0.25, -0.2) is 9.97 Å². The number of fused-ring (bicyclic) bond motifs is 10. The fourth-order valence-electron chi connectivity index (χ4n) is 3.41. The molecule has 2 N–H and O–H groups in total. The minimum Gasteiger partial charge on any atom is -0.356 e. The zero-order chi connectivity index (χ0) is 18.1. The summed E-state index contributed by atoms with van der Waals surface area (Å²) in [5.41, 5.74) is 6.24. The monoisotopic (exact) mass is 380 g/mol. The summed E-state index contributed by atoms with van der Waals surface area (Å²) in [5, 5.41) is 6.39. The van der Waals surface area contributed by atoms with Crippen molar-refractivity contribution in [1.82, 2.24) is 19.9 Å². The Morgan fingerprint density at radius 1 is 0.692 bits per heavy atom. The number of nitrogens with one attached hydrogen (secondary N) is 2. The maximum Gasteiger partial charge on any atom is 0.139 e.